The van der Waals surface area contributed by atoms with Gasteiger partial charge in [-0.2, -0.15) is 5.10 Å². The molecule has 0 spiro atoms. The van der Waals surface area contributed by atoms with Crippen LogP contribution in [0.3, 0.4) is 0 Å². The number of carbonyl (C=O) groups is 2. The van der Waals surface area contributed by atoms with E-state index in [1.165, 1.54) is 18.3 Å². The van der Waals surface area contributed by atoms with Crippen molar-refractivity contribution in [1.29, 1.82) is 0 Å². The first-order valence-corrected chi connectivity index (χ1v) is 10.5. The number of amides is 2. The van der Waals surface area contributed by atoms with Crippen molar-refractivity contribution in [2.75, 3.05) is 4.90 Å². The van der Waals surface area contributed by atoms with Crippen molar-refractivity contribution in [3.05, 3.63) is 117 Å². The van der Waals surface area contributed by atoms with Gasteiger partial charge in [-0.15, -0.1) is 0 Å². The van der Waals surface area contributed by atoms with Gasteiger partial charge in [0.1, 0.15) is 0 Å². The predicted octanol–water partition coefficient (Wildman–Crippen LogP) is 4.67. The maximum absolute atomic E-state index is 13.0. The largest absolute Gasteiger partial charge is 0.303 e. The monoisotopic (exact) mass is 450 g/mol. The van der Waals surface area contributed by atoms with Crippen molar-refractivity contribution in [3.63, 3.8) is 0 Å². The summed E-state index contributed by atoms with van der Waals surface area (Å²) in [5, 5.41) is 16.6. The molecule has 0 saturated heterocycles. The number of nitro groups is 1. The smallest absolute Gasteiger partial charge is 0.271 e. The Hall–Kier alpha value is -4.85. The van der Waals surface area contributed by atoms with Gasteiger partial charge in [0, 0.05) is 28.6 Å². The fraction of sp³-hybridized carbons (Fsp3) is 0.0385. The summed E-state index contributed by atoms with van der Waals surface area (Å²) in [6.07, 6.45) is 1.41. The van der Waals surface area contributed by atoms with Crippen LogP contribution in [0.25, 0.3) is 10.8 Å². The number of hydrogen-bond donors (Lipinski definition) is 1. The van der Waals surface area contributed by atoms with Crippen LogP contribution in [0.15, 0.2) is 90.0 Å². The number of hydrazone groups is 1. The first-order chi connectivity index (χ1) is 16.5. The third-order valence-corrected chi connectivity index (χ3v) is 5.69. The summed E-state index contributed by atoms with van der Waals surface area (Å²) in [7, 11) is 0. The molecule has 0 radical (unpaired) electrons. The maximum atomic E-state index is 13.0. The fourth-order valence-corrected chi connectivity index (χ4v) is 3.99. The Morgan fingerprint density at radius 2 is 1.68 bits per heavy atom. The van der Waals surface area contributed by atoms with Crippen molar-refractivity contribution in [2.24, 2.45) is 5.10 Å². The van der Waals surface area contributed by atoms with Crippen molar-refractivity contribution in [3.8, 4) is 0 Å². The second-order valence-electron chi connectivity index (χ2n) is 7.82. The minimum Gasteiger partial charge on any atom is -0.303 e. The van der Waals surface area contributed by atoms with E-state index >= 15 is 0 Å². The Kier molecular flexibility index (Phi) is 5.31. The molecule has 0 bridgehead atoms. The van der Waals surface area contributed by atoms with Gasteiger partial charge in [0.25, 0.3) is 17.5 Å². The van der Waals surface area contributed by atoms with Gasteiger partial charge in [-0.3, -0.25) is 19.7 Å². The quantitative estimate of drug-likeness (QED) is 0.262. The normalized spacial score (nSPS) is 12.5. The SMILES string of the molecule is O=C(NN=Cc1ccc([N+](=O)[O-])cc1)c1ccc(CN2C(=O)c3cccc4cccc2c34)cc1. The van der Waals surface area contributed by atoms with Crippen molar-refractivity contribution < 1.29 is 14.5 Å². The van der Waals surface area contributed by atoms with Gasteiger partial charge in [0.15, 0.2) is 0 Å². The zero-order valence-electron chi connectivity index (χ0n) is 17.8. The number of carbonyl (C=O) groups excluding carboxylic acids is 2. The molecule has 1 heterocycles. The molecule has 166 valence electrons. The molecule has 8 nitrogen and oxygen atoms in total. The van der Waals surface area contributed by atoms with Crippen LogP contribution in [-0.2, 0) is 6.54 Å². The lowest BCUT2D eigenvalue weighted by Gasteiger charge is -2.18. The molecule has 1 aliphatic heterocycles. The van der Waals surface area contributed by atoms with Crippen molar-refractivity contribution >= 4 is 40.2 Å². The third kappa shape index (κ3) is 3.88. The van der Waals surface area contributed by atoms with E-state index in [-0.39, 0.29) is 17.5 Å². The topological polar surface area (TPSA) is 105 Å². The van der Waals surface area contributed by atoms with Gasteiger partial charge in [-0.25, -0.2) is 5.43 Å². The van der Waals surface area contributed by atoms with Crippen LogP contribution in [0.1, 0.15) is 31.8 Å². The Morgan fingerprint density at radius 3 is 2.38 bits per heavy atom. The number of nitrogens with one attached hydrogen (secondary N) is 1. The maximum Gasteiger partial charge on any atom is 0.271 e. The van der Waals surface area contributed by atoms with Gasteiger partial charge in [0.2, 0.25) is 0 Å². The number of benzene rings is 4. The highest BCUT2D eigenvalue weighted by atomic mass is 16.6. The number of nitrogens with zero attached hydrogens (tertiary/aromatic N) is 3. The summed E-state index contributed by atoms with van der Waals surface area (Å²) >= 11 is 0. The average molecular weight is 450 g/mol. The fourth-order valence-electron chi connectivity index (χ4n) is 3.99. The van der Waals surface area contributed by atoms with E-state index in [0.29, 0.717) is 23.2 Å². The molecule has 34 heavy (non-hydrogen) atoms. The zero-order valence-corrected chi connectivity index (χ0v) is 17.8. The number of nitro benzene ring substituents is 1. The van der Waals surface area contributed by atoms with Crippen LogP contribution < -0.4 is 10.3 Å². The van der Waals surface area contributed by atoms with E-state index in [9.17, 15) is 19.7 Å². The zero-order chi connectivity index (χ0) is 23.7. The minimum absolute atomic E-state index is 0.0162. The summed E-state index contributed by atoms with van der Waals surface area (Å²) in [5.74, 6) is -0.423. The third-order valence-electron chi connectivity index (χ3n) is 5.69. The summed E-state index contributed by atoms with van der Waals surface area (Å²) in [6, 6.07) is 24.4. The van der Waals surface area contributed by atoms with Gasteiger partial charge >= 0.3 is 0 Å². The molecule has 4 aromatic rings. The molecule has 0 unspecified atom stereocenters. The summed E-state index contributed by atoms with van der Waals surface area (Å²) in [4.78, 5) is 37.3. The molecular formula is C26H18N4O4. The minimum atomic E-state index is -0.481. The Morgan fingerprint density at radius 1 is 0.971 bits per heavy atom. The second kappa shape index (κ2) is 8.59. The molecular weight excluding hydrogens is 432 g/mol. The van der Waals surface area contributed by atoms with Gasteiger partial charge in [-0.05, 0) is 52.9 Å². The van der Waals surface area contributed by atoms with E-state index in [0.717, 1.165) is 22.0 Å². The lowest BCUT2D eigenvalue weighted by atomic mass is 10.1. The Labute approximate surface area is 194 Å². The van der Waals surface area contributed by atoms with Crippen molar-refractivity contribution in [1.82, 2.24) is 5.43 Å². The van der Waals surface area contributed by atoms with Crippen LogP contribution in [0.4, 0.5) is 11.4 Å². The number of rotatable bonds is 6. The average Bonchev–Trinajstić information content (AvgIpc) is 3.13. The molecule has 0 aliphatic carbocycles. The van der Waals surface area contributed by atoms with E-state index in [4.69, 9.17) is 0 Å². The van der Waals surface area contributed by atoms with Gasteiger partial charge in [-0.1, -0.05) is 36.4 Å². The first kappa shape index (κ1) is 21.0. The molecule has 2 amide bonds. The second-order valence-corrected chi connectivity index (χ2v) is 7.82. The van der Waals surface area contributed by atoms with Crippen molar-refractivity contribution in [2.45, 2.75) is 6.54 Å². The lowest BCUT2D eigenvalue weighted by molar-refractivity contribution is -0.384. The van der Waals surface area contributed by atoms with E-state index in [1.807, 2.05) is 48.5 Å². The number of hydrogen-bond acceptors (Lipinski definition) is 5. The first-order valence-electron chi connectivity index (χ1n) is 10.5. The summed E-state index contributed by atoms with van der Waals surface area (Å²) in [6.45, 7) is 0.396. The molecule has 0 atom stereocenters. The van der Waals surface area contributed by atoms with Crippen LogP contribution in [0.5, 0.6) is 0 Å². The Balaban J connectivity index is 1.24. The summed E-state index contributed by atoms with van der Waals surface area (Å²) in [5.41, 5.74) is 5.95. The van der Waals surface area contributed by atoms with Gasteiger partial charge in [0.05, 0.1) is 23.4 Å². The van der Waals surface area contributed by atoms with Crippen LogP contribution >= 0.6 is 0 Å². The van der Waals surface area contributed by atoms with Crippen LogP contribution in [-0.4, -0.2) is 23.0 Å². The number of anilines is 1. The Bertz CT molecular complexity index is 1460. The highest BCUT2D eigenvalue weighted by Gasteiger charge is 2.29. The molecule has 1 N–H and O–H groups in total. The lowest BCUT2D eigenvalue weighted by Crippen LogP contribution is -2.26. The predicted molar refractivity (Wildman–Crippen MR) is 129 cm³/mol. The highest BCUT2D eigenvalue weighted by molar-refractivity contribution is 6.24. The van der Waals surface area contributed by atoms with Crippen LogP contribution in [0, 0.1) is 10.1 Å². The van der Waals surface area contributed by atoms with E-state index in [1.54, 1.807) is 29.2 Å². The highest BCUT2D eigenvalue weighted by Crippen LogP contribution is 2.37. The molecule has 0 fully saturated rings. The molecule has 5 rings (SSSR count). The molecule has 1 aliphatic rings. The van der Waals surface area contributed by atoms with Gasteiger partial charge < -0.3 is 4.90 Å². The molecule has 0 aromatic heterocycles. The molecule has 4 aromatic carbocycles. The molecule has 8 heteroatoms. The van der Waals surface area contributed by atoms with Crippen LogP contribution in [0.2, 0.25) is 0 Å². The van der Waals surface area contributed by atoms with E-state index in [2.05, 4.69) is 10.5 Å². The molecule has 0 saturated carbocycles. The number of non-ortho nitro benzene ring substituents is 1. The summed E-state index contributed by atoms with van der Waals surface area (Å²) < 4.78 is 0. The standard InChI is InChI=1S/C26H18N4O4/c31-25(28-27-15-17-9-13-21(14-10-17)30(33)34)20-11-7-18(8-12-20)16-29-23-6-2-4-19-3-1-5-22(24(19)23)26(29)32/h1-15H,16H2,(H,28,31). The van der Waals surface area contributed by atoms with E-state index < -0.39 is 4.92 Å².